The Morgan fingerprint density at radius 2 is 2.29 bits per heavy atom. The van der Waals surface area contributed by atoms with Gasteiger partial charge in [-0.3, -0.25) is 4.90 Å². The number of nitrogens with one attached hydrogen (secondary N) is 1. The number of ether oxygens (including phenoxy) is 1. The van der Waals surface area contributed by atoms with E-state index >= 15 is 0 Å². The van der Waals surface area contributed by atoms with Gasteiger partial charge in [-0.25, -0.2) is 0 Å². The predicted octanol–water partition coefficient (Wildman–Crippen LogP) is 3.48. The first-order chi connectivity index (χ1) is 10.2. The van der Waals surface area contributed by atoms with Gasteiger partial charge in [0.1, 0.15) is 0 Å². The van der Waals surface area contributed by atoms with Crippen LogP contribution in [-0.4, -0.2) is 38.2 Å². The average Bonchev–Trinajstić information content (AvgIpc) is 2.84. The van der Waals surface area contributed by atoms with Crippen molar-refractivity contribution < 1.29 is 4.74 Å². The van der Waals surface area contributed by atoms with E-state index in [1.807, 2.05) is 6.61 Å². The summed E-state index contributed by atoms with van der Waals surface area (Å²) < 4.78 is 6.42. The van der Waals surface area contributed by atoms with Gasteiger partial charge in [-0.05, 0) is 42.3 Å². The molecule has 1 aliphatic carbocycles. The van der Waals surface area contributed by atoms with Crippen LogP contribution in [0.3, 0.4) is 0 Å². The van der Waals surface area contributed by atoms with Gasteiger partial charge >= 0.3 is 0 Å². The molecule has 0 bridgehead atoms. The van der Waals surface area contributed by atoms with E-state index in [-0.39, 0.29) is 0 Å². The number of benzene rings is 1. The molecule has 2 heterocycles. The molecule has 0 amide bonds. The number of methoxy groups -OCH3 is 1. The van der Waals surface area contributed by atoms with Gasteiger partial charge in [0.15, 0.2) is 0 Å². The van der Waals surface area contributed by atoms with Crippen LogP contribution in [0.1, 0.15) is 23.5 Å². The van der Waals surface area contributed by atoms with E-state index in [0.717, 1.165) is 17.6 Å². The maximum absolute atomic E-state index is 5.26. The minimum absolute atomic E-state index is 0.367. The van der Waals surface area contributed by atoms with E-state index in [9.17, 15) is 0 Å². The van der Waals surface area contributed by atoms with Crippen LogP contribution in [0.25, 0.3) is 5.57 Å². The van der Waals surface area contributed by atoms with E-state index in [1.54, 1.807) is 7.11 Å². The van der Waals surface area contributed by atoms with E-state index in [0.29, 0.717) is 17.9 Å². The van der Waals surface area contributed by atoms with Crippen molar-refractivity contribution in [2.45, 2.75) is 18.4 Å². The monoisotopic (exact) mass is 347 g/mol. The number of nitrogens with zero attached hydrogens (tertiary/aromatic N) is 1. The highest BCUT2D eigenvalue weighted by Gasteiger charge is 2.39. The Morgan fingerprint density at radius 1 is 1.43 bits per heavy atom. The van der Waals surface area contributed by atoms with Crippen LogP contribution in [0.4, 0.5) is 5.69 Å². The molecule has 0 saturated heterocycles. The number of hydrogen-bond acceptors (Lipinski definition) is 3. The van der Waals surface area contributed by atoms with Crippen LogP contribution < -0.4 is 5.32 Å². The van der Waals surface area contributed by atoms with Crippen molar-refractivity contribution in [3.63, 3.8) is 0 Å². The number of anilines is 1. The maximum Gasteiger partial charge on any atom is 0.0913 e. The molecular formula is C17H20BrN2O. The van der Waals surface area contributed by atoms with E-state index < -0.39 is 0 Å². The van der Waals surface area contributed by atoms with Crippen molar-refractivity contribution >= 4 is 27.2 Å². The number of likely N-dealkylation sites (N-methyl/N-ethyl adjacent to an activating group) is 1. The molecule has 0 saturated carbocycles. The van der Waals surface area contributed by atoms with Gasteiger partial charge in [-0.2, -0.15) is 0 Å². The fourth-order valence-corrected chi connectivity index (χ4v) is 4.63. The van der Waals surface area contributed by atoms with Gasteiger partial charge in [0.05, 0.1) is 6.61 Å². The second-order valence-electron chi connectivity index (χ2n) is 6.34. The van der Waals surface area contributed by atoms with Gasteiger partial charge in [-0.1, -0.05) is 22.0 Å². The van der Waals surface area contributed by atoms with Crippen molar-refractivity contribution in [2.24, 2.45) is 5.92 Å². The van der Waals surface area contributed by atoms with Crippen molar-refractivity contribution in [1.29, 1.82) is 0 Å². The summed E-state index contributed by atoms with van der Waals surface area (Å²) in [6.45, 7) is 4.06. The van der Waals surface area contributed by atoms with Crippen molar-refractivity contribution in [3.05, 3.63) is 40.4 Å². The molecule has 4 rings (SSSR count). The van der Waals surface area contributed by atoms with Gasteiger partial charge in [0.2, 0.25) is 0 Å². The second kappa shape index (κ2) is 5.11. The van der Waals surface area contributed by atoms with E-state index in [4.69, 9.17) is 4.74 Å². The van der Waals surface area contributed by atoms with Gasteiger partial charge in [0, 0.05) is 48.2 Å². The lowest BCUT2D eigenvalue weighted by molar-refractivity contribution is 0.183. The first kappa shape index (κ1) is 13.8. The fraction of sp³-hybridized carbons (Fsp3) is 0.471. The fourth-order valence-electron chi connectivity index (χ4n) is 4.17. The minimum Gasteiger partial charge on any atom is -0.384 e. The number of fused-ring (bicyclic) bond motifs is 2. The molecule has 0 fully saturated rings. The molecular weight excluding hydrogens is 328 g/mol. The summed E-state index contributed by atoms with van der Waals surface area (Å²) in [5, 5.41) is 3.58. The topological polar surface area (TPSA) is 24.5 Å². The minimum atomic E-state index is 0.367. The summed E-state index contributed by atoms with van der Waals surface area (Å²) in [6, 6.07) is 5.04. The van der Waals surface area contributed by atoms with E-state index in [1.165, 1.54) is 28.8 Å². The molecule has 1 unspecified atom stereocenters. The maximum atomic E-state index is 5.26. The molecule has 0 aromatic heterocycles. The molecule has 1 radical (unpaired) electrons. The molecule has 21 heavy (non-hydrogen) atoms. The van der Waals surface area contributed by atoms with Crippen LogP contribution in [0.15, 0.2) is 22.7 Å². The molecule has 3 nitrogen and oxygen atoms in total. The zero-order valence-electron chi connectivity index (χ0n) is 12.4. The van der Waals surface area contributed by atoms with Crippen LogP contribution >= 0.6 is 15.9 Å². The molecule has 4 heteroatoms. The second-order valence-corrected chi connectivity index (χ2v) is 7.26. The molecule has 111 valence electrons. The van der Waals surface area contributed by atoms with Gasteiger partial charge < -0.3 is 10.1 Å². The Morgan fingerprint density at radius 3 is 3.10 bits per heavy atom. The molecule has 3 atom stereocenters. The molecule has 0 spiro atoms. The summed E-state index contributed by atoms with van der Waals surface area (Å²) in [7, 11) is 3.97. The number of halogens is 1. The Bertz CT molecular complexity index is 613. The van der Waals surface area contributed by atoms with Crippen LogP contribution in [0.2, 0.25) is 0 Å². The van der Waals surface area contributed by atoms with Gasteiger partial charge in [-0.15, -0.1) is 0 Å². The zero-order chi connectivity index (χ0) is 14.6. The SMILES string of the molecule is CO[CH][C@@H]1C=C2c3cc(Br)cc4c3C(CN4)C[C@H]2N(C)C1. The summed E-state index contributed by atoms with van der Waals surface area (Å²) in [5.41, 5.74) is 5.72. The van der Waals surface area contributed by atoms with Crippen molar-refractivity contribution in [1.82, 2.24) is 4.90 Å². The third-order valence-electron chi connectivity index (χ3n) is 5.01. The van der Waals surface area contributed by atoms with Gasteiger partial charge in [0.25, 0.3) is 0 Å². The van der Waals surface area contributed by atoms with Crippen LogP contribution in [0, 0.1) is 12.5 Å². The lowest BCUT2D eigenvalue weighted by atomic mass is 9.75. The Kier molecular flexibility index (Phi) is 3.36. The summed E-state index contributed by atoms with van der Waals surface area (Å²) in [5.74, 6) is 1.02. The number of rotatable bonds is 2. The lowest BCUT2D eigenvalue weighted by Gasteiger charge is -2.42. The highest BCUT2D eigenvalue weighted by molar-refractivity contribution is 9.10. The lowest BCUT2D eigenvalue weighted by Crippen LogP contribution is -2.43. The van der Waals surface area contributed by atoms with Crippen molar-refractivity contribution in [2.75, 3.05) is 32.6 Å². The van der Waals surface area contributed by atoms with E-state index in [2.05, 4.69) is 51.4 Å². The molecule has 3 aliphatic rings. The number of hydrogen-bond donors (Lipinski definition) is 1. The highest BCUT2D eigenvalue weighted by atomic mass is 79.9. The first-order valence-corrected chi connectivity index (χ1v) is 8.32. The summed E-state index contributed by atoms with van der Waals surface area (Å²) in [6.07, 6.45) is 3.63. The molecule has 1 aromatic rings. The molecule has 1 aromatic carbocycles. The normalized spacial score (nSPS) is 30.4. The Hall–Kier alpha value is -0.840. The highest BCUT2D eigenvalue weighted by Crippen LogP contribution is 2.49. The van der Waals surface area contributed by atoms with Crippen LogP contribution in [0.5, 0.6) is 0 Å². The molecule has 1 N–H and O–H groups in total. The summed E-state index contributed by atoms with van der Waals surface area (Å²) >= 11 is 3.66. The summed E-state index contributed by atoms with van der Waals surface area (Å²) in [4.78, 5) is 2.48. The first-order valence-electron chi connectivity index (χ1n) is 7.53. The Balaban J connectivity index is 1.85. The third kappa shape index (κ3) is 2.16. The smallest absolute Gasteiger partial charge is 0.0913 e. The predicted molar refractivity (Wildman–Crippen MR) is 89.2 cm³/mol. The average molecular weight is 348 g/mol. The quantitative estimate of drug-likeness (QED) is 0.886. The largest absolute Gasteiger partial charge is 0.384 e. The third-order valence-corrected chi connectivity index (χ3v) is 5.46. The zero-order valence-corrected chi connectivity index (χ0v) is 14.0. The molecule has 2 aliphatic heterocycles. The van der Waals surface area contributed by atoms with Crippen molar-refractivity contribution in [3.8, 4) is 0 Å². The van der Waals surface area contributed by atoms with Crippen LogP contribution in [-0.2, 0) is 4.74 Å². The standard InChI is InChI=1S/C17H20BrN2O/c1-20-8-10(9-21-2)3-13-14-5-12(18)6-15-17(14)11(7-19-15)4-16(13)20/h3,5-6,9-11,16,19H,4,7-8H2,1-2H3/t10-,11?,16-/m1/s1. The Labute approximate surface area is 134 Å².